The zero-order valence-electron chi connectivity index (χ0n) is 10.9. The van der Waals surface area contributed by atoms with Crippen LogP contribution in [0, 0.1) is 5.82 Å². The molecule has 3 nitrogen and oxygen atoms in total. The van der Waals surface area contributed by atoms with Crippen molar-refractivity contribution in [3.63, 3.8) is 0 Å². The molecule has 0 radical (unpaired) electrons. The minimum absolute atomic E-state index is 0.0120. The Morgan fingerprint density at radius 3 is 2.76 bits per heavy atom. The molecule has 2 aromatic carbocycles. The van der Waals surface area contributed by atoms with Gasteiger partial charge in [0.05, 0.1) is 16.1 Å². The van der Waals surface area contributed by atoms with Crippen LogP contribution in [0.25, 0.3) is 11.0 Å². The van der Waals surface area contributed by atoms with E-state index >= 15 is 0 Å². The van der Waals surface area contributed by atoms with Crippen molar-refractivity contribution in [3.05, 3.63) is 70.8 Å². The molecular weight excluding hydrogens is 291 g/mol. The number of aromatic nitrogens is 2. The highest BCUT2D eigenvalue weighted by molar-refractivity contribution is 6.30. The lowest BCUT2D eigenvalue weighted by Crippen LogP contribution is -2.05. The second kappa shape index (κ2) is 5.58. The van der Waals surface area contributed by atoms with Crippen LogP contribution in [0.3, 0.4) is 0 Å². The van der Waals surface area contributed by atoms with Gasteiger partial charge in [0.15, 0.2) is 5.78 Å². The average Bonchev–Trinajstić information content (AvgIpc) is 2.50. The zero-order valence-corrected chi connectivity index (χ0v) is 11.6. The van der Waals surface area contributed by atoms with Gasteiger partial charge < -0.3 is 0 Å². The van der Waals surface area contributed by atoms with Gasteiger partial charge in [0.1, 0.15) is 5.82 Å². The summed E-state index contributed by atoms with van der Waals surface area (Å²) in [5, 5.41) is 0.0120. The summed E-state index contributed by atoms with van der Waals surface area (Å²) in [7, 11) is 0. The molecule has 0 spiro atoms. The fraction of sp³-hybridized carbons (Fsp3) is 0.0625. The van der Waals surface area contributed by atoms with E-state index in [1.54, 1.807) is 36.7 Å². The van der Waals surface area contributed by atoms with E-state index in [1.165, 1.54) is 12.1 Å². The summed E-state index contributed by atoms with van der Waals surface area (Å²) in [6, 6.07) is 9.55. The first kappa shape index (κ1) is 13.6. The molecule has 0 aliphatic rings. The summed E-state index contributed by atoms with van der Waals surface area (Å²) < 4.78 is 13.1. The summed E-state index contributed by atoms with van der Waals surface area (Å²) >= 11 is 5.73. The molecule has 0 fully saturated rings. The second-order valence-electron chi connectivity index (χ2n) is 4.58. The number of carbonyl (C=O) groups is 1. The minimum atomic E-state index is -0.496. The molecule has 3 aromatic rings. The largest absolute Gasteiger partial charge is 0.294 e. The Labute approximate surface area is 125 Å². The third-order valence-corrected chi connectivity index (χ3v) is 3.44. The number of halogens is 2. The fourth-order valence-electron chi connectivity index (χ4n) is 2.15. The van der Waals surface area contributed by atoms with Crippen LogP contribution in [-0.2, 0) is 6.42 Å². The lowest BCUT2D eigenvalue weighted by atomic mass is 10.0. The number of carbonyl (C=O) groups excluding carboxylic acids is 1. The summed E-state index contributed by atoms with van der Waals surface area (Å²) in [6.07, 6.45) is 3.26. The molecule has 0 aliphatic carbocycles. The normalized spacial score (nSPS) is 10.8. The quantitative estimate of drug-likeness (QED) is 0.690. The molecule has 0 amide bonds. The van der Waals surface area contributed by atoms with Crippen molar-refractivity contribution in [2.45, 2.75) is 6.42 Å². The number of para-hydroxylation sites is 1. The van der Waals surface area contributed by atoms with Gasteiger partial charge in [-0.15, -0.1) is 0 Å². The maximum Gasteiger partial charge on any atom is 0.169 e. The molecule has 104 valence electrons. The van der Waals surface area contributed by atoms with Crippen molar-refractivity contribution in [3.8, 4) is 0 Å². The lowest BCUT2D eigenvalue weighted by Gasteiger charge is -2.05. The Hall–Kier alpha value is -2.33. The first-order chi connectivity index (χ1) is 10.1. The topological polar surface area (TPSA) is 42.9 Å². The van der Waals surface area contributed by atoms with Crippen molar-refractivity contribution in [1.29, 1.82) is 0 Å². The zero-order chi connectivity index (χ0) is 14.8. The first-order valence-electron chi connectivity index (χ1n) is 6.32. The average molecular weight is 301 g/mol. The number of fused-ring (bicyclic) bond motifs is 1. The van der Waals surface area contributed by atoms with Gasteiger partial charge in [0, 0.05) is 24.4 Å². The van der Waals surface area contributed by atoms with Crippen LogP contribution in [0.2, 0.25) is 5.02 Å². The monoisotopic (exact) mass is 300 g/mol. The van der Waals surface area contributed by atoms with Gasteiger partial charge in [-0.1, -0.05) is 23.7 Å². The van der Waals surface area contributed by atoms with Crippen LogP contribution < -0.4 is 0 Å². The molecule has 0 unspecified atom stereocenters. The highest BCUT2D eigenvalue weighted by atomic mass is 35.5. The Balaban J connectivity index is 1.95. The molecular formula is C16H10ClFN2O. The number of hydrogen-bond acceptors (Lipinski definition) is 3. The molecule has 0 atom stereocenters. The van der Waals surface area contributed by atoms with E-state index in [1.807, 2.05) is 0 Å². The summed E-state index contributed by atoms with van der Waals surface area (Å²) in [5.41, 5.74) is 2.40. The highest BCUT2D eigenvalue weighted by Gasteiger charge is 2.13. The maximum atomic E-state index is 13.1. The van der Waals surface area contributed by atoms with Crippen molar-refractivity contribution in [2.75, 3.05) is 0 Å². The summed E-state index contributed by atoms with van der Waals surface area (Å²) in [6.45, 7) is 0. The number of nitrogens with zero attached hydrogens (tertiary/aromatic N) is 2. The number of Topliss-reactive ketones (excluding diaryl/α,β-unsaturated/α-hetero) is 1. The Kier molecular flexibility index (Phi) is 3.62. The Morgan fingerprint density at radius 2 is 1.95 bits per heavy atom. The fourth-order valence-corrected chi connectivity index (χ4v) is 2.35. The number of ketones is 1. The van der Waals surface area contributed by atoms with E-state index in [-0.39, 0.29) is 17.2 Å². The standard InChI is InChI=1S/C16H10ClFN2O/c17-12-8-10(4-5-13(12)18)9-15(21)11-2-1-3-14-16(11)20-7-6-19-14/h1-8H,9H2. The first-order valence-corrected chi connectivity index (χ1v) is 6.70. The second-order valence-corrected chi connectivity index (χ2v) is 4.99. The van der Waals surface area contributed by atoms with Crippen molar-refractivity contribution in [2.24, 2.45) is 0 Å². The van der Waals surface area contributed by atoms with Gasteiger partial charge in [-0.25, -0.2) is 4.39 Å². The molecule has 1 aromatic heterocycles. The van der Waals surface area contributed by atoms with Crippen molar-refractivity contribution in [1.82, 2.24) is 9.97 Å². The van der Waals surface area contributed by atoms with E-state index < -0.39 is 5.82 Å². The van der Waals surface area contributed by atoms with Gasteiger partial charge in [-0.05, 0) is 29.8 Å². The van der Waals surface area contributed by atoms with Gasteiger partial charge in [-0.3, -0.25) is 14.8 Å². The van der Waals surface area contributed by atoms with Crippen LogP contribution in [-0.4, -0.2) is 15.8 Å². The van der Waals surface area contributed by atoms with Crippen molar-refractivity contribution >= 4 is 28.4 Å². The third kappa shape index (κ3) is 2.76. The maximum absolute atomic E-state index is 13.1. The number of benzene rings is 2. The smallest absolute Gasteiger partial charge is 0.169 e. The van der Waals surface area contributed by atoms with Crippen LogP contribution in [0.15, 0.2) is 48.8 Å². The van der Waals surface area contributed by atoms with E-state index in [9.17, 15) is 9.18 Å². The lowest BCUT2D eigenvalue weighted by molar-refractivity contribution is 0.0994. The van der Waals surface area contributed by atoms with Crippen LogP contribution in [0.5, 0.6) is 0 Å². The van der Waals surface area contributed by atoms with Gasteiger partial charge in [-0.2, -0.15) is 0 Å². The molecule has 0 bridgehead atoms. The molecule has 0 N–H and O–H groups in total. The highest BCUT2D eigenvalue weighted by Crippen LogP contribution is 2.19. The molecule has 0 saturated carbocycles. The predicted molar refractivity (Wildman–Crippen MR) is 79.0 cm³/mol. The van der Waals surface area contributed by atoms with Gasteiger partial charge in [0.2, 0.25) is 0 Å². The van der Waals surface area contributed by atoms with E-state index in [0.29, 0.717) is 22.2 Å². The minimum Gasteiger partial charge on any atom is -0.294 e. The molecule has 3 rings (SSSR count). The molecule has 1 heterocycles. The van der Waals surface area contributed by atoms with Gasteiger partial charge >= 0.3 is 0 Å². The molecule has 0 aliphatic heterocycles. The number of rotatable bonds is 3. The molecule has 0 saturated heterocycles. The van der Waals surface area contributed by atoms with Gasteiger partial charge in [0.25, 0.3) is 0 Å². The predicted octanol–water partition coefficient (Wildman–Crippen LogP) is 3.85. The summed E-state index contributed by atoms with van der Waals surface area (Å²) in [4.78, 5) is 20.8. The molecule has 5 heteroatoms. The van der Waals surface area contributed by atoms with Crippen LogP contribution in [0.4, 0.5) is 4.39 Å². The number of hydrogen-bond donors (Lipinski definition) is 0. The Morgan fingerprint density at radius 1 is 1.14 bits per heavy atom. The van der Waals surface area contributed by atoms with Crippen molar-refractivity contribution < 1.29 is 9.18 Å². The summed E-state index contributed by atoms with van der Waals surface area (Å²) in [5.74, 6) is -0.604. The van der Waals surface area contributed by atoms with Crippen LogP contribution >= 0.6 is 11.6 Å². The molecule has 21 heavy (non-hydrogen) atoms. The SMILES string of the molecule is O=C(Cc1ccc(F)c(Cl)c1)c1cccc2nccnc12. The van der Waals surface area contributed by atoms with E-state index in [4.69, 9.17) is 11.6 Å². The van der Waals surface area contributed by atoms with E-state index in [0.717, 1.165) is 0 Å². The third-order valence-electron chi connectivity index (χ3n) is 3.15. The van der Waals surface area contributed by atoms with Crippen LogP contribution in [0.1, 0.15) is 15.9 Å². The Bertz CT molecular complexity index is 830. The van der Waals surface area contributed by atoms with E-state index in [2.05, 4.69) is 9.97 Å².